The van der Waals surface area contributed by atoms with E-state index in [9.17, 15) is 0 Å². The highest BCUT2D eigenvalue weighted by Crippen LogP contribution is 2.25. The first-order valence-electron chi connectivity index (χ1n) is 7.03. The summed E-state index contributed by atoms with van der Waals surface area (Å²) in [5, 5.41) is 11.8. The maximum Gasteiger partial charge on any atom is 0.182 e. The molecule has 2 N–H and O–H groups in total. The summed E-state index contributed by atoms with van der Waals surface area (Å²) >= 11 is 0. The topological polar surface area (TPSA) is 88.1 Å². The average Bonchev–Trinajstić information content (AvgIpc) is 2.95. The number of nitrogens with zero attached hydrogens (tertiary/aromatic N) is 4. The molecule has 0 amide bonds. The van der Waals surface area contributed by atoms with E-state index in [0.717, 1.165) is 25.0 Å². The van der Waals surface area contributed by atoms with Crippen molar-refractivity contribution < 1.29 is 9.47 Å². The highest BCUT2D eigenvalue weighted by atomic mass is 16.5. The molecule has 0 aliphatic heterocycles. The molecule has 0 atom stereocenters. The third kappa shape index (κ3) is 4.16. The minimum absolute atomic E-state index is 0.581. The van der Waals surface area contributed by atoms with Gasteiger partial charge >= 0.3 is 0 Å². The molecular weight excluding hydrogens is 270 g/mol. The van der Waals surface area contributed by atoms with E-state index in [1.165, 1.54) is 0 Å². The Balaban J connectivity index is 2.07. The van der Waals surface area contributed by atoms with Crippen LogP contribution in [0.3, 0.4) is 0 Å². The SMILES string of the molecule is CCCCOCCn1nnnc1-c1cc(N)cc(OC)c1. The van der Waals surface area contributed by atoms with Crippen LogP contribution in [-0.4, -0.2) is 40.5 Å². The zero-order chi connectivity index (χ0) is 15.1. The van der Waals surface area contributed by atoms with E-state index in [4.69, 9.17) is 15.2 Å². The second kappa shape index (κ2) is 7.58. The van der Waals surface area contributed by atoms with Crippen LogP contribution in [0.5, 0.6) is 5.75 Å². The molecule has 0 bridgehead atoms. The van der Waals surface area contributed by atoms with Crippen LogP contribution in [0.4, 0.5) is 5.69 Å². The average molecular weight is 291 g/mol. The van der Waals surface area contributed by atoms with Gasteiger partial charge in [-0.3, -0.25) is 0 Å². The maximum atomic E-state index is 5.86. The second-order valence-electron chi connectivity index (χ2n) is 4.69. The van der Waals surface area contributed by atoms with E-state index in [-0.39, 0.29) is 0 Å². The minimum atomic E-state index is 0.581. The molecule has 0 saturated heterocycles. The van der Waals surface area contributed by atoms with Crippen LogP contribution < -0.4 is 10.5 Å². The van der Waals surface area contributed by atoms with Crippen molar-refractivity contribution in [2.45, 2.75) is 26.3 Å². The molecule has 0 aliphatic rings. The second-order valence-corrected chi connectivity index (χ2v) is 4.69. The molecule has 21 heavy (non-hydrogen) atoms. The molecule has 0 spiro atoms. The first-order chi connectivity index (χ1) is 10.2. The number of rotatable bonds is 8. The summed E-state index contributed by atoms with van der Waals surface area (Å²) in [7, 11) is 1.60. The Morgan fingerprint density at radius 3 is 2.86 bits per heavy atom. The van der Waals surface area contributed by atoms with Gasteiger partial charge in [-0.25, -0.2) is 4.68 Å². The summed E-state index contributed by atoms with van der Waals surface area (Å²) in [6.45, 7) is 4.08. The van der Waals surface area contributed by atoms with E-state index in [1.54, 1.807) is 17.9 Å². The van der Waals surface area contributed by atoms with Crippen molar-refractivity contribution >= 4 is 5.69 Å². The molecule has 114 valence electrons. The summed E-state index contributed by atoms with van der Waals surface area (Å²) < 4.78 is 12.5. The normalized spacial score (nSPS) is 10.8. The summed E-state index contributed by atoms with van der Waals surface area (Å²) in [4.78, 5) is 0. The predicted molar refractivity (Wildman–Crippen MR) is 79.9 cm³/mol. The number of nitrogen functional groups attached to an aromatic ring is 1. The van der Waals surface area contributed by atoms with Gasteiger partial charge in [0.05, 0.1) is 20.3 Å². The van der Waals surface area contributed by atoms with E-state index in [2.05, 4.69) is 22.4 Å². The van der Waals surface area contributed by atoms with E-state index in [1.807, 2.05) is 12.1 Å². The molecule has 7 heteroatoms. The van der Waals surface area contributed by atoms with Crippen LogP contribution in [0.15, 0.2) is 18.2 Å². The number of anilines is 1. The molecule has 0 unspecified atom stereocenters. The van der Waals surface area contributed by atoms with Crippen molar-refractivity contribution in [3.63, 3.8) is 0 Å². The van der Waals surface area contributed by atoms with Gasteiger partial charge in [-0.2, -0.15) is 0 Å². The number of hydrogen-bond acceptors (Lipinski definition) is 6. The van der Waals surface area contributed by atoms with Gasteiger partial charge in [-0.15, -0.1) is 5.10 Å². The van der Waals surface area contributed by atoms with Crippen LogP contribution >= 0.6 is 0 Å². The van der Waals surface area contributed by atoms with Gasteiger partial charge < -0.3 is 15.2 Å². The standard InChI is InChI=1S/C14H21N5O2/c1-3-4-6-21-7-5-19-14(16-17-18-19)11-8-12(15)10-13(9-11)20-2/h8-10H,3-7,15H2,1-2H3. The van der Waals surface area contributed by atoms with Crippen molar-refractivity contribution in [3.8, 4) is 17.1 Å². The Hall–Kier alpha value is -2.15. The van der Waals surface area contributed by atoms with Gasteiger partial charge in [-0.05, 0) is 29.0 Å². The number of hydrogen-bond donors (Lipinski definition) is 1. The van der Waals surface area contributed by atoms with E-state index in [0.29, 0.717) is 30.4 Å². The number of ether oxygens (including phenoxy) is 2. The monoisotopic (exact) mass is 291 g/mol. The fourth-order valence-corrected chi connectivity index (χ4v) is 1.93. The molecule has 1 heterocycles. The van der Waals surface area contributed by atoms with Crippen LogP contribution in [-0.2, 0) is 11.3 Å². The smallest absolute Gasteiger partial charge is 0.182 e. The fraction of sp³-hybridized carbons (Fsp3) is 0.500. The first-order valence-corrected chi connectivity index (χ1v) is 7.03. The van der Waals surface area contributed by atoms with Crippen molar-refractivity contribution in [2.24, 2.45) is 0 Å². The number of benzene rings is 1. The molecule has 0 fully saturated rings. The summed E-state index contributed by atoms with van der Waals surface area (Å²) in [5.74, 6) is 1.33. The zero-order valence-corrected chi connectivity index (χ0v) is 12.5. The number of methoxy groups -OCH3 is 1. The van der Waals surface area contributed by atoms with E-state index < -0.39 is 0 Å². The lowest BCUT2D eigenvalue weighted by Crippen LogP contribution is -2.10. The van der Waals surface area contributed by atoms with Gasteiger partial charge in [0.15, 0.2) is 5.82 Å². The fourth-order valence-electron chi connectivity index (χ4n) is 1.93. The largest absolute Gasteiger partial charge is 0.497 e. The molecule has 7 nitrogen and oxygen atoms in total. The van der Waals surface area contributed by atoms with Crippen LogP contribution in [0.2, 0.25) is 0 Å². The number of aromatic nitrogens is 4. The predicted octanol–water partition coefficient (Wildman–Crippen LogP) is 1.75. The molecule has 0 saturated carbocycles. The van der Waals surface area contributed by atoms with Crippen molar-refractivity contribution in [2.75, 3.05) is 26.1 Å². The molecule has 0 aliphatic carbocycles. The Bertz CT molecular complexity index is 570. The molecule has 0 radical (unpaired) electrons. The lowest BCUT2D eigenvalue weighted by atomic mass is 10.2. The van der Waals surface area contributed by atoms with E-state index >= 15 is 0 Å². The maximum absolute atomic E-state index is 5.86. The Labute approximate surface area is 124 Å². The summed E-state index contributed by atoms with van der Waals surface area (Å²) in [6.07, 6.45) is 2.19. The van der Waals surface area contributed by atoms with Crippen molar-refractivity contribution in [3.05, 3.63) is 18.2 Å². The van der Waals surface area contributed by atoms with Gasteiger partial charge in [0.1, 0.15) is 5.75 Å². The van der Waals surface area contributed by atoms with Crippen LogP contribution in [0.25, 0.3) is 11.4 Å². The Kier molecular flexibility index (Phi) is 5.51. The van der Waals surface area contributed by atoms with Gasteiger partial charge in [0, 0.05) is 23.9 Å². The number of nitrogens with two attached hydrogens (primary N) is 1. The first kappa shape index (κ1) is 15.2. The number of unbranched alkanes of at least 4 members (excludes halogenated alkanes) is 1. The Morgan fingerprint density at radius 2 is 2.10 bits per heavy atom. The highest BCUT2D eigenvalue weighted by molar-refractivity contribution is 5.64. The Morgan fingerprint density at radius 1 is 1.24 bits per heavy atom. The third-order valence-electron chi connectivity index (χ3n) is 3.04. The lowest BCUT2D eigenvalue weighted by molar-refractivity contribution is 0.121. The quantitative estimate of drug-likeness (QED) is 0.589. The van der Waals surface area contributed by atoms with Gasteiger partial charge in [0.25, 0.3) is 0 Å². The lowest BCUT2D eigenvalue weighted by Gasteiger charge is -2.08. The minimum Gasteiger partial charge on any atom is -0.497 e. The molecule has 1 aromatic heterocycles. The van der Waals surface area contributed by atoms with Gasteiger partial charge in [0.2, 0.25) is 0 Å². The summed E-state index contributed by atoms with van der Waals surface area (Å²) in [6, 6.07) is 5.44. The molecular formula is C14H21N5O2. The molecule has 2 rings (SSSR count). The van der Waals surface area contributed by atoms with Gasteiger partial charge in [-0.1, -0.05) is 13.3 Å². The van der Waals surface area contributed by atoms with Crippen LogP contribution in [0, 0.1) is 0 Å². The van der Waals surface area contributed by atoms with Crippen LogP contribution in [0.1, 0.15) is 19.8 Å². The highest BCUT2D eigenvalue weighted by Gasteiger charge is 2.10. The third-order valence-corrected chi connectivity index (χ3v) is 3.04. The van der Waals surface area contributed by atoms with Crippen molar-refractivity contribution in [1.29, 1.82) is 0 Å². The zero-order valence-electron chi connectivity index (χ0n) is 12.5. The molecule has 1 aromatic carbocycles. The molecule has 2 aromatic rings. The summed E-state index contributed by atoms with van der Waals surface area (Å²) in [5.41, 5.74) is 7.30. The number of tetrazole rings is 1. The van der Waals surface area contributed by atoms with Crippen molar-refractivity contribution in [1.82, 2.24) is 20.2 Å².